The maximum absolute atomic E-state index is 14.1. The van der Waals surface area contributed by atoms with Crippen molar-refractivity contribution >= 4 is 34.0 Å². The second-order valence-electron chi connectivity index (χ2n) is 8.25. The van der Waals surface area contributed by atoms with Gasteiger partial charge in [0, 0.05) is 18.1 Å². The quantitative estimate of drug-likeness (QED) is 0.394. The van der Waals surface area contributed by atoms with E-state index in [0.29, 0.717) is 6.54 Å². The van der Waals surface area contributed by atoms with Gasteiger partial charge in [-0.1, -0.05) is 54.6 Å². The predicted molar refractivity (Wildman–Crippen MR) is 132 cm³/mol. The number of fused-ring (bicyclic) bond motifs is 2. The summed E-state index contributed by atoms with van der Waals surface area (Å²) in [6.45, 7) is 2.46. The van der Waals surface area contributed by atoms with Crippen LogP contribution >= 0.6 is 0 Å². The SMILES string of the molecule is CC1=C(CC(=O)NCc2ccccc2)c2cc(F)ccc2/C1=C\c1cnc2ccccc2c1. The van der Waals surface area contributed by atoms with Gasteiger partial charge in [-0.2, -0.15) is 0 Å². The van der Waals surface area contributed by atoms with Gasteiger partial charge in [0.2, 0.25) is 5.91 Å². The zero-order valence-electron chi connectivity index (χ0n) is 18.3. The Kier molecular flexibility index (Phi) is 5.57. The van der Waals surface area contributed by atoms with Crippen molar-refractivity contribution in [1.29, 1.82) is 0 Å². The molecule has 3 aromatic carbocycles. The highest BCUT2D eigenvalue weighted by Gasteiger charge is 2.25. The van der Waals surface area contributed by atoms with Crippen molar-refractivity contribution in [3.8, 4) is 0 Å². The summed E-state index contributed by atoms with van der Waals surface area (Å²) in [4.78, 5) is 17.3. The molecule has 5 rings (SSSR count). The first-order valence-electron chi connectivity index (χ1n) is 11.0. The molecule has 4 aromatic rings. The number of carbonyl (C=O) groups excluding carboxylic acids is 1. The number of rotatable bonds is 5. The molecule has 1 aromatic heterocycles. The van der Waals surface area contributed by atoms with Crippen molar-refractivity contribution < 1.29 is 9.18 Å². The Balaban J connectivity index is 1.47. The third-order valence-corrected chi connectivity index (χ3v) is 6.05. The summed E-state index contributed by atoms with van der Waals surface area (Å²) in [6.07, 6.45) is 4.11. The van der Waals surface area contributed by atoms with E-state index in [0.717, 1.165) is 49.9 Å². The van der Waals surface area contributed by atoms with E-state index in [1.165, 1.54) is 12.1 Å². The Morgan fingerprint density at radius 3 is 2.61 bits per heavy atom. The van der Waals surface area contributed by atoms with Crippen molar-refractivity contribution in [3.63, 3.8) is 0 Å². The zero-order valence-corrected chi connectivity index (χ0v) is 18.3. The average molecular weight is 435 g/mol. The molecule has 0 saturated heterocycles. The Morgan fingerprint density at radius 2 is 1.76 bits per heavy atom. The van der Waals surface area contributed by atoms with E-state index in [2.05, 4.69) is 22.4 Å². The number of para-hydroxylation sites is 1. The van der Waals surface area contributed by atoms with Gasteiger partial charge in [-0.3, -0.25) is 9.78 Å². The molecule has 0 saturated carbocycles. The summed E-state index contributed by atoms with van der Waals surface area (Å²) in [5.74, 6) is -0.394. The Bertz CT molecular complexity index is 1420. The van der Waals surface area contributed by atoms with Crippen molar-refractivity contribution in [2.45, 2.75) is 19.9 Å². The third kappa shape index (κ3) is 4.33. The van der Waals surface area contributed by atoms with Crippen LogP contribution in [0, 0.1) is 5.82 Å². The number of nitrogens with one attached hydrogen (secondary N) is 1. The summed E-state index contributed by atoms with van der Waals surface area (Å²) in [5.41, 5.74) is 7.50. The molecule has 1 aliphatic rings. The average Bonchev–Trinajstić information content (AvgIpc) is 3.08. The molecule has 0 aliphatic heterocycles. The number of hydrogen-bond acceptors (Lipinski definition) is 2. The monoisotopic (exact) mass is 434 g/mol. The molecule has 0 spiro atoms. The summed E-state index contributed by atoms with van der Waals surface area (Å²) in [6, 6.07) is 24.7. The van der Waals surface area contributed by atoms with Gasteiger partial charge in [-0.05, 0) is 76.2 Å². The van der Waals surface area contributed by atoms with E-state index >= 15 is 0 Å². The Labute approximate surface area is 192 Å². The zero-order chi connectivity index (χ0) is 22.8. The van der Waals surface area contributed by atoms with Crippen LogP contribution in [-0.2, 0) is 11.3 Å². The van der Waals surface area contributed by atoms with Gasteiger partial charge in [-0.15, -0.1) is 0 Å². The third-order valence-electron chi connectivity index (χ3n) is 6.05. The normalized spacial score (nSPS) is 14.1. The minimum Gasteiger partial charge on any atom is -0.352 e. The number of carbonyl (C=O) groups is 1. The van der Waals surface area contributed by atoms with Crippen LogP contribution in [0.5, 0.6) is 0 Å². The maximum Gasteiger partial charge on any atom is 0.224 e. The van der Waals surface area contributed by atoms with E-state index < -0.39 is 0 Å². The second kappa shape index (κ2) is 8.83. The number of amides is 1. The predicted octanol–water partition coefficient (Wildman–Crippen LogP) is 6.41. The van der Waals surface area contributed by atoms with Crippen molar-refractivity contribution in [2.75, 3.05) is 0 Å². The second-order valence-corrected chi connectivity index (χ2v) is 8.25. The molecule has 0 fully saturated rings. The lowest BCUT2D eigenvalue weighted by atomic mass is 10.0. The van der Waals surface area contributed by atoms with Crippen LogP contribution in [0.25, 0.3) is 28.1 Å². The standard InChI is InChI=1S/C29H23FN2O/c1-19-25(14-21-13-22-9-5-6-10-28(22)31-18-21)24-12-11-23(30)15-27(24)26(19)16-29(33)32-17-20-7-3-2-4-8-20/h2-15,18H,16-17H2,1H3,(H,32,33)/b25-14-. The lowest BCUT2D eigenvalue weighted by molar-refractivity contribution is -0.120. The summed E-state index contributed by atoms with van der Waals surface area (Å²) in [7, 11) is 0. The summed E-state index contributed by atoms with van der Waals surface area (Å²) in [5, 5.41) is 4.04. The van der Waals surface area contributed by atoms with Crippen LogP contribution in [0.4, 0.5) is 4.39 Å². The van der Waals surface area contributed by atoms with Gasteiger partial charge in [-0.25, -0.2) is 4.39 Å². The summed E-state index contributed by atoms with van der Waals surface area (Å²) < 4.78 is 14.1. The smallest absolute Gasteiger partial charge is 0.224 e. The topological polar surface area (TPSA) is 42.0 Å². The largest absolute Gasteiger partial charge is 0.352 e. The Morgan fingerprint density at radius 1 is 0.970 bits per heavy atom. The number of halogens is 1. The van der Waals surface area contributed by atoms with Gasteiger partial charge < -0.3 is 5.32 Å². The molecular weight excluding hydrogens is 411 g/mol. The van der Waals surface area contributed by atoms with Crippen LogP contribution in [-0.4, -0.2) is 10.9 Å². The van der Waals surface area contributed by atoms with Gasteiger partial charge in [0.15, 0.2) is 0 Å². The molecule has 4 heteroatoms. The van der Waals surface area contributed by atoms with E-state index in [-0.39, 0.29) is 18.1 Å². The molecule has 1 aliphatic carbocycles. The van der Waals surface area contributed by atoms with Crippen molar-refractivity contribution in [1.82, 2.24) is 10.3 Å². The minimum absolute atomic E-state index is 0.0861. The first-order valence-corrected chi connectivity index (χ1v) is 11.0. The van der Waals surface area contributed by atoms with Gasteiger partial charge in [0.1, 0.15) is 5.82 Å². The highest BCUT2D eigenvalue weighted by molar-refractivity contribution is 6.08. The number of benzene rings is 3. The molecule has 1 N–H and O–H groups in total. The molecule has 0 bridgehead atoms. The molecule has 0 atom stereocenters. The van der Waals surface area contributed by atoms with E-state index in [4.69, 9.17) is 0 Å². The molecule has 1 heterocycles. The van der Waals surface area contributed by atoms with E-state index in [1.807, 2.05) is 67.7 Å². The molecule has 0 unspecified atom stereocenters. The lowest BCUT2D eigenvalue weighted by Crippen LogP contribution is -2.22. The molecular formula is C29H23FN2O. The summed E-state index contributed by atoms with van der Waals surface area (Å²) >= 11 is 0. The number of aromatic nitrogens is 1. The van der Waals surface area contributed by atoms with Gasteiger partial charge >= 0.3 is 0 Å². The fourth-order valence-corrected chi connectivity index (χ4v) is 4.33. The highest BCUT2D eigenvalue weighted by Crippen LogP contribution is 2.43. The first kappa shape index (κ1) is 20.8. The fourth-order valence-electron chi connectivity index (χ4n) is 4.33. The number of hydrogen-bond donors (Lipinski definition) is 1. The van der Waals surface area contributed by atoms with Crippen molar-refractivity contribution in [2.24, 2.45) is 0 Å². The van der Waals surface area contributed by atoms with Gasteiger partial charge in [0.05, 0.1) is 11.9 Å². The van der Waals surface area contributed by atoms with E-state index in [9.17, 15) is 9.18 Å². The molecule has 162 valence electrons. The number of nitrogens with zero attached hydrogens (tertiary/aromatic N) is 1. The lowest BCUT2D eigenvalue weighted by Gasteiger charge is -2.08. The van der Waals surface area contributed by atoms with Gasteiger partial charge in [0.25, 0.3) is 0 Å². The molecule has 1 amide bonds. The van der Waals surface area contributed by atoms with Crippen LogP contribution < -0.4 is 5.32 Å². The molecule has 3 nitrogen and oxygen atoms in total. The Hall–Kier alpha value is -4.05. The minimum atomic E-state index is -0.308. The highest BCUT2D eigenvalue weighted by atomic mass is 19.1. The van der Waals surface area contributed by atoms with Crippen LogP contribution in [0.2, 0.25) is 0 Å². The van der Waals surface area contributed by atoms with Crippen LogP contribution in [0.3, 0.4) is 0 Å². The fraction of sp³-hybridized carbons (Fsp3) is 0.103. The maximum atomic E-state index is 14.1. The number of allylic oxidation sites excluding steroid dienone is 2. The molecule has 0 radical (unpaired) electrons. The van der Waals surface area contributed by atoms with E-state index in [1.54, 1.807) is 6.07 Å². The molecule has 33 heavy (non-hydrogen) atoms. The van der Waals surface area contributed by atoms with Crippen LogP contribution in [0.15, 0.2) is 90.6 Å². The first-order chi connectivity index (χ1) is 16.1. The van der Waals surface area contributed by atoms with Crippen LogP contribution in [0.1, 0.15) is 35.6 Å². The van der Waals surface area contributed by atoms with Crippen molar-refractivity contribution in [3.05, 3.63) is 119 Å². The number of pyridine rings is 1.